The van der Waals surface area contributed by atoms with Crippen molar-refractivity contribution in [2.24, 2.45) is 16.0 Å². The Balaban J connectivity index is 5.46. The normalized spacial score (nSPS) is 13.9. The van der Waals surface area contributed by atoms with Crippen LogP contribution < -0.4 is 11.2 Å². The summed E-state index contributed by atoms with van der Waals surface area (Å²) in [7, 11) is -3.81. The molecule has 0 aliphatic carbocycles. The second-order valence-electron chi connectivity index (χ2n) is 4.40. The molecule has 8 nitrogen and oxygen atoms in total. The van der Waals surface area contributed by atoms with Gasteiger partial charge >= 0.3 is 7.60 Å². The van der Waals surface area contributed by atoms with Gasteiger partial charge in [-0.15, -0.1) is 0 Å². The minimum absolute atomic E-state index is 0.0778. The van der Waals surface area contributed by atoms with Gasteiger partial charge in [0.25, 0.3) is 0 Å². The van der Waals surface area contributed by atoms with Crippen LogP contribution in [0.4, 0.5) is 0 Å². The molecule has 0 spiro atoms. The molecule has 0 aliphatic heterocycles. The van der Waals surface area contributed by atoms with Gasteiger partial charge in [-0.1, -0.05) is 5.16 Å². The molecule has 0 unspecified atom stereocenters. The van der Waals surface area contributed by atoms with Gasteiger partial charge < -0.3 is 20.0 Å². The van der Waals surface area contributed by atoms with Gasteiger partial charge in [0.2, 0.25) is 5.45 Å². The van der Waals surface area contributed by atoms with Gasteiger partial charge in [0.15, 0.2) is 5.11 Å². The van der Waals surface area contributed by atoms with E-state index in [1.807, 2.05) is 0 Å². The predicted octanol–water partition coefficient (Wildman–Crippen LogP) is 2.03. The minimum atomic E-state index is -3.81. The molecule has 4 N–H and O–H groups in total. The van der Waals surface area contributed by atoms with Crippen LogP contribution in [0, 0.1) is 0 Å². The molecule has 0 amide bonds. The summed E-state index contributed by atoms with van der Waals surface area (Å²) in [5, 5.41) is 15.8. The number of hydrogen-bond acceptors (Lipinski definition) is 7. The van der Waals surface area contributed by atoms with Crippen molar-refractivity contribution in [3.05, 3.63) is 0 Å². The molecule has 0 rings (SSSR count). The third-order valence-corrected chi connectivity index (χ3v) is 4.13. The topological polar surface area (TPSA) is 119 Å². The van der Waals surface area contributed by atoms with Crippen LogP contribution in [0.15, 0.2) is 10.3 Å². The largest absolute Gasteiger partial charge is 0.410 e. The zero-order chi connectivity index (χ0) is 15.9. The number of rotatable bonds is 7. The van der Waals surface area contributed by atoms with E-state index in [2.05, 4.69) is 27.9 Å². The van der Waals surface area contributed by atoms with Gasteiger partial charge in [-0.05, 0) is 46.8 Å². The fraction of sp³-hybridized carbons (Fsp3) is 0.700. The maximum absolute atomic E-state index is 12.7. The number of thiocarbonyl (C=S) groups is 1. The molecule has 0 atom stereocenters. The number of oxime groups is 1. The highest BCUT2D eigenvalue weighted by Gasteiger charge is 2.37. The number of nitrogens with one attached hydrogen (secondary N) is 1. The van der Waals surface area contributed by atoms with Gasteiger partial charge in [-0.25, -0.2) is 0 Å². The zero-order valence-electron chi connectivity index (χ0n) is 12.2. The lowest BCUT2D eigenvalue weighted by Gasteiger charge is -2.22. The highest BCUT2D eigenvalue weighted by molar-refractivity contribution is 7.80. The van der Waals surface area contributed by atoms with Gasteiger partial charge in [0, 0.05) is 0 Å². The van der Waals surface area contributed by atoms with Crippen LogP contribution in [0.1, 0.15) is 34.6 Å². The highest BCUT2D eigenvalue weighted by atomic mass is 32.1. The number of nitrogens with two attached hydrogens (primary N) is 1. The van der Waals surface area contributed by atoms with Gasteiger partial charge in [0.1, 0.15) is 0 Å². The Bertz CT molecular complexity index is 437. The van der Waals surface area contributed by atoms with Crippen molar-refractivity contribution < 1.29 is 18.8 Å². The molecule has 0 saturated heterocycles. The lowest BCUT2D eigenvalue weighted by Crippen LogP contribution is -2.27. The molecule has 0 aromatic carbocycles. The Labute approximate surface area is 123 Å². The molecule has 0 aromatic heterocycles. The number of hydrogen-bond donors (Lipinski definition) is 3. The first kappa shape index (κ1) is 19.0. The summed E-state index contributed by atoms with van der Waals surface area (Å²) < 4.78 is 23.3. The van der Waals surface area contributed by atoms with Crippen LogP contribution in [-0.4, -0.2) is 33.7 Å². The van der Waals surface area contributed by atoms with Crippen molar-refractivity contribution in [3.63, 3.8) is 0 Å². The Hall–Kier alpha value is -1.02. The summed E-state index contributed by atoms with van der Waals surface area (Å²) in [4.78, 5) is 0. The van der Waals surface area contributed by atoms with Crippen molar-refractivity contribution in [3.8, 4) is 0 Å². The number of nitrogens with zero attached hydrogens (tertiary/aromatic N) is 2. The van der Waals surface area contributed by atoms with E-state index in [0.29, 0.717) is 0 Å². The van der Waals surface area contributed by atoms with E-state index in [1.165, 1.54) is 6.92 Å². The second-order valence-corrected chi connectivity index (χ2v) is 6.68. The average molecular weight is 324 g/mol. The molecule has 0 fully saturated rings. The molecule has 20 heavy (non-hydrogen) atoms. The van der Waals surface area contributed by atoms with E-state index in [1.54, 1.807) is 27.7 Å². The molecule has 0 aliphatic rings. The lowest BCUT2D eigenvalue weighted by atomic mass is 10.5. The fourth-order valence-corrected chi connectivity index (χ4v) is 3.16. The minimum Gasteiger partial charge on any atom is -0.410 e. The zero-order valence-corrected chi connectivity index (χ0v) is 13.9. The maximum atomic E-state index is 12.7. The molecule has 116 valence electrons. The third kappa shape index (κ3) is 6.42. The Morgan fingerprint density at radius 3 is 2.05 bits per heavy atom. The third-order valence-electron chi connectivity index (χ3n) is 1.71. The predicted molar refractivity (Wildman–Crippen MR) is 82.3 cm³/mol. The molecule has 0 radical (unpaired) electrons. The SMILES string of the molecule is CC(=N\NC(N)=S)/C(=N\O)P(=O)(OC(C)C)OC(C)C. The molecule has 10 heteroatoms. The van der Waals surface area contributed by atoms with Gasteiger partial charge in [0.05, 0.1) is 17.9 Å². The second kappa shape index (κ2) is 8.31. The van der Waals surface area contributed by atoms with Crippen LogP contribution in [0.2, 0.25) is 0 Å². The van der Waals surface area contributed by atoms with Crippen molar-refractivity contribution in [2.45, 2.75) is 46.8 Å². The molecule has 0 saturated carbocycles. The Morgan fingerprint density at radius 2 is 1.75 bits per heavy atom. The molecule has 0 bridgehead atoms. The van der Waals surface area contributed by atoms with Crippen LogP contribution >= 0.6 is 19.8 Å². The van der Waals surface area contributed by atoms with E-state index >= 15 is 0 Å². The quantitative estimate of drug-likeness (QED) is 0.215. The van der Waals surface area contributed by atoms with Crippen LogP contribution in [0.5, 0.6) is 0 Å². The summed E-state index contributed by atoms with van der Waals surface area (Å²) in [5.41, 5.74) is 7.33. The molecule has 0 aromatic rings. The van der Waals surface area contributed by atoms with E-state index in [9.17, 15) is 4.57 Å². The molecular formula is C10H21N4O4PS. The Morgan fingerprint density at radius 1 is 1.30 bits per heavy atom. The van der Waals surface area contributed by atoms with E-state index in [-0.39, 0.29) is 16.3 Å². The van der Waals surface area contributed by atoms with Crippen molar-refractivity contribution in [1.29, 1.82) is 0 Å². The van der Waals surface area contributed by atoms with Crippen molar-refractivity contribution in [1.82, 2.24) is 5.43 Å². The summed E-state index contributed by atoms with van der Waals surface area (Å²) >= 11 is 4.60. The van der Waals surface area contributed by atoms with E-state index < -0.39 is 19.8 Å². The monoisotopic (exact) mass is 324 g/mol. The highest BCUT2D eigenvalue weighted by Crippen LogP contribution is 2.52. The summed E-state index contributed by atoms with van der Waals surface area (Å²) in [5.74, 6) is 0. The maximum Gasteiger partial charge on any atom is 0.385 e. The van der Waals surface area contributed by atoms with E-state index in [0.717, 1.165) is 0 Å². The average Bonchev–Trinajstić information content (AvgIpc) is 2.24. The standard InChI is InChI=1S/C10H21N4O4PS/c1-6(2)17-19(16,18-7(3)4)9(14-15)8(5)12-13-10(11)20/h6-7,15H,1-5H3,(H3,11,13,20)/b12-8+,14-9+. The van der Waals surface area contributed by atoms with Gasteiger partial charge in [-0.3, -0.25) is 9.99 Å². The van der Waals surface area contributed by atoms with Crippen molar-refractivity contribution in [2.75, 3.05) is 0 Å². The van der Waals surface area contributed by atoms with Crippen molar-refractivity contribution >= 4 is 36.1 Å². The van der Waals surface area contributed by atoms with Crippen LogP contribution in [-0.2, 0) is 13.6 Å². The first-order valence-electron chi connectivity index (χ1n) is 5.92. The lowest BCUT2D eigenvalue weighted by molar-refractivity contribution is 0.152. The summed E-state index contributed by atoms with van der Waals surface area (Å²) in [6.45, 7) is 8.20. The smallest absolute Gasteiger partial charge is 0.385 e. The molecular weight excluding hydrogens is 303 g/mol. The summed E-state index contributed by atoms with van der Waals surface area (Å²) in [6.07, 6.45) is -0.791. The fourth-order valence-electron chi connectivity index (χ4n) is 1.19. The first-order valence-corrected chi connectivity index (χ1v) is 7.87. The first-order chi connectivity index (χ1) is 9.12. The molecule has 0 heterocycles. The summed E-state index contributed by atoms with van der Waals surface area (Å²) in [6, 6.07) is 0. The van der Waals surface area contributed by atoms with Gasteiger partial charge in [-0.2, -0.15) is 5.10 Å². The van der Waals surface area contributed by atoms with E-state index in [4.69, 9.17) is 20.0 Å². The number of hydrazone groups is 1. The van der Waals surface area contributed by atoms with Crippen LogP contribution in [0.3, 0.4) is 0 Å². The Kier molecular flexibility index (Phi) is 7.88. The van der Waals surface area contributed by atoms with Crippen LogP contribution in [0.25, 0.3) is 0 Å².